The lowest BCUT2D eigenvalue weighted by atomic mass is 9.85. The van der Waals surface area contributed by atoms with Gasteiger partial charge in [0.15, 0.2) is 27.3 Å². The van der Waals surface area contributed by atoms with E-state index in [-0.39, 0.29) is 28.5 Å². The number of benzene rings is 2. The summed E-state index contributed by atoms with van der Waals surface area (Å²) in [6.07, 6.45) is 1.25. The molecule has 1 amide bonds. The predicted octanol–water partition coefficient (Wildman–Crippen LogP) is 2.72. The highest BCUT2D eigenvalue weighted by Gasteiger charge is 2.61. The van der Waals surface area contributed by atoms with E-state index in [2.05, 4.69) is 5.32 Å². The Morgan fingerprint density at radius 2 is 1.79 bits per heavy atom. The zero-order valence-electron chi connectivity index (χ0n) is 18.6. The molecule has 2 unspecified atom stereocenters. The molecule has 2 saturated carbocycles. The average Bonchev–Trinajstić information content (AvgIpc) is 3.33. The number of fused-ring (bicyclic) bond motifs is 2. The Morgan fingerprint density at radius 1 is 1.15 bits per heavy atom. The van der Waals surface area contributed by atoms with Gasteiger partial charge >= 0.3 is 0 Å². The second-order valence-electron chi connectivity index (χ2n) is 9.20. The maximum Gasteiger partial charge on any atom is 0.255 e. The molecule has 2 aromatic rings. The number of carbonyl (C=O) groups excluding carboxylic acids is 1. The zero-order valence-corrected chi connectivity index (χ0v) is 19.4. The monoisotopic (exact) mass is 498 g/mol. The summed E-state index contributed by atoms with van der Waals surface area (Å²) in [7, 11) is -0.753. The van der Waals surface area contributed by atoms with Gasteiger partial charge in [0.1, 0.15) is 0 Å². The van der Waals surface area contributed by atoms with E-state index in [0.29, 0.717) is 30.7 Å². The van der Waals surface area contributed by atoms with Crippen molar-refractivity contribution in [1.29, 1.82) is 0 Å². The average molecular weight is 499 g/mol. The van der Waals surface area contributed by atoms with E-state index < -0.39 is 56.6 Å². The van der Waals surface area contributed by atoms with Gasteiger partial charge in [0.25, 0.3) is 5.91 Å². The van der Waals surface area contributed by atoms with E-state index in [4.69, 9.17) is 0 Å². The fourth-order valence-corrected chi connectivity index (χ4v) is 8.02. The van der Waals surface area contributed by atoms with Gasteiger partial charge in [-0.2, -0.15) is 0 Å². The Kier molecular flexibility index (Phi) is 6.16. The van der Waals surface area contributed by atoms with Crippen LogP contribution in [0, 0.1) is 29.3 Å². The fourth-order valence-electron chi connectivity index (χ4n) is 5.33. The number of halogens is 3. The molecular formula is C23H25F3N2O5S. The largest absolute Gasteiger partial charge is 0.393 e. The Bertz CT molecular complexity index is 1230. The predicted molar refractivity (Wildman–Crippen MR) is 119 cm³/mol. The molecule has 0 saturated heterocycles. The Labute approximate surface area is 195 Å². The molecule has 0 spiro atoms. The SMILES string of the molecule is CN(C)c1ccc(C(=O)Nc2cc(F)c(F)c(F)c2)cc1S(=O)(=O)[C@@H]1C2CCC1[C@@](O)(CO)C2. The molecule has 0 radical (unpaired) electrons. The number of nitrogens with zero attached hydrogens (tertiary/aromatic N) is 1. The van der Waals surface area contributed by atoms with Gasteiger partial charge in [0, 0.05) is 43.4 Å². The molecule has 3 N–H and O–H groups in total. The van der Waals surface area contributed by atoms with Crippen LogP contribution in [0.25, 0.3) is 0 Å². The number of aliphatic hydroxyl groups is 2. The number of sulfone groups is 1. The smallest absolute Gasteiger partial charge is 0.255 e. The second kappa shape index (κ2) is 8.54. The van der Waals surface area contributed by atoms with Crippen LogP contribution in [-0.2, 0) is 9.84 Å². The number of carbonyl (C=O) groups is 1. The van der Waals surface area contributed by atoms with Crippen molar-refractivity contribution in [1.82, 2.24) is 0 Å². The molecule has 0 aromatic heterocycles. The number of aliphatic hydroxyl groups excluding tert-OH is 1. The third-order valence-electron chi connectivity index (χ3n) is 6.90. The maximum absolute atomic E-state index is 13.8. The number of rotatable bonds is 6. The van der Waals surface area contributed by atoms with Gasteiger partial charge in [-0.3, -0.25) is 4.79 Å². The standard InChI is InChI=1S/C23H25F3N2O5S/c1-28(2)18-6-4-12(22(30)27-14-8-16(24)20(26)17(25)9-14)7-19(18)34(32,33)21-13-3-5-15(21)23(31,10-13)11-29/h4,6-9,13,15,21,29,31H,3,5,10-11H2,1-2H3,(H,27,30)/t13?,15?,21-,23+/m1/s1. The van der Waals surface area contributed by atoms with Gasteiger partial charge in [-0.25, -0.2) is 21.6 Å². The van der Waals surface area contributed by atoms with Crippen molar-refractivity contribution in [2.75, 3.05) is 30.9 Å². The van der Waals surface area contributed by atoms with Gasteiger partial charge < -0.3 is 20.4 Å². The second-order valence-corrected chi connectivity index (χ2v) is 11.3. The van der Waals surface area contributed by atoms with Gasteiger partial charge in [0.05, 0.1) is 28.0 Å². The molecule has 2 aliphatic carbocycles. The summed E-state index contributed by atoms with van der Waals surface area (Å²) in [4.78, 5) is 14.2. The molecule has 4 rings (SSSR count). The van der Waals surface area contributed by atoms with Crippen LogP contribution in [0.4, 0.5) is 24.5 Å². The quantitative estimate of drug-likeness (QED) is 0.529. The first-order chi connectivity index (χ1) is 15.9. The molecule has 7 nitrogen and oxygen atoms in total. The van der Waals surface area contributed by atoms with Crippen molar-refractivity contribution in [2.45, 2.75) is 35.0 Å². The highest BCUT2D eigenvalue weighted by atomic mass is 32.2. The molecule has 34 heavy (non-hydrogen) atoms. The van der Waals surface area contributed by atoms with Crippen molar-refractivity contribution in [3.05, 3.63) is 53.3 Å². The van der Waals surface area contributed by atoms with E-state index >= 15 is 0 Å². The number of anilines is 2. The normalized spacial score (nSPS) is 26.0. The first-order valence-corrected chi connectivity index (χ1v) is 12.3. The van der Waals surface area contributed by atoms with Crippen molar-refractivity contribution in [3.8, 4) is 0 Å². The van der Waals surface area contributed by atoms with Crippen LogP contribution in [0.5, 0.6) is 0 Å². The van der Waals surface area contributed by atoms with Crippen molar-refractivity contribution in [2.24, 2.45) is 11.8 Å². The first-order valence-electron chi connectivity index (χ1n) is 10.7. The molecule has 0 heterocycles. The first kappa shape index (κ1) is 24.5. The van der Waals surface area contributed by atoms with Crippen LogP contribution in [-0.4, -0.2) is 56.1 Å². The Morgan fingerprint density at radius 3 is 2.35 bits per heavy atom. The number of hydrogen-bond donors (Lipinski definition) is 3. The Balaban J connectivity index is 1.72. The van der Waals surface area contributed by atoms with Gasteiger partial charge in [-0.05, 0) is 43.4 Å². The van der Waals surface area contributed by atoms with Crippen LogP contribution in [0.3, 0.4) is 0 Å². The maximum atomic E-state index is 13.8. The van der Waals surface area contributed by atoms with Crippen LogP contribution in [0.15, 0.2) is 35.2 Å². The molecule has 2 aliphatic rings. The van der Waals surface area contributed by atoms with Gasteiger partial charge in [-0.15, -0.1) is 0 Å². The van der Waals surface area contributed by atoms with Crippen LogP contribution >= 0.6 is 0 Å². The van der Waals surface area contributed by atoms with Gasteiger partial charge in [-0.1, -0.05) is 0 Å². The Hall–Kier alpha value is -2.63. The summed E-state index contributed by atoms with van der Waals surface area (Å²) in [6.45, 7) is -0.534. The minimum atomic E-state index is -4.04. The molecule has 2 bridgehead atoms. The summed E-state index contributed by atoms with van der Waals surface area (Å²) in [6, 6.07) is 5.24. The zero-order chi connectivity index (χ0) is 25.0. The number of nitrogens with one attached hydrogen (secondary N) is 1. The van der Waals surface area contributed by atoms with Crippen molar-refractivity contribution >= 4 is 27.1 Å². The van der Waals surface area contributed by atoms with E-state index in [9.17, 15) is 36.6 Å². The molecular weight excluding hydrogens is 473 g/mol. The number of amides is 1. The molecule has 11 heteroatoms. The van der Waals surface area contributed by atoms with E-state index in [1.54, 1.807) is 19.0 Å². The van der Waals surface area contributed by atoms with Crippen LogP contribution in [0.2, 0.25) is 0 Å². The molecule has 2 fully saturated rings. The van der Waals surface area contributed by atoms with Gasteiger partial charge in [0.2, 0.25) is 0 Å². The van der Waals surface area contributed by atoms with Crippen LogP contribution in [0.1, 0.15) is 29.6 Å². The van der Waals surface area contributed by atoms with Crippen molar-refractivity contribution < 1.29 is 36.6 Å². The molecule has 184 valence electrons. The topological polar surface area (TPSA) is 107 Å². The molecule has 2 aromatic carbocycles. The summed E-state index contributed by atoms with van der Waals surface area (Å²) >= 11 is 0. The van der Waals surface area contributed by atoms with E-state index in [1.807, 2.05) is 0 Å². The lowest BCUT2D eigenvalue weighted by Crippen LogP contribution is -2.42. The minimum absolute atomic E-state index is 0.0860. The van der Waals surface area contributed by atoms with Crippen LogP contribution < -0.4 is 10.2 Å². The highest BCUT2D eigenvalue weighted by Crippen LogP contribution is 2.55. The molecule has 4 atom stereocenters. The fraction of sp³-hybridized carbons (Fsp3) is 0.435. The summed E-state index contributed by atoms with van der Waals surface area (Å²) in [5.41, 5.74) is -1.55. The molecule has 0 aliphatic heterocycles. The highest BCUT2D eigenvalue weighted by molar-refractivity contribution is 7.92. The summed E-state index contributed by atoms with van der Waals surface area (Å²) < 4.78 is 67.8. The summed E-state index contributed by atoms with van der Waals surface area (Å²) in [5.74, 6) is -6.43. The van der Waals surface area contributed by atoms with E-state index in [1.165, 1.54) is 18.2 Å². The minimum Gasteiger partial charge on any atom is -0.393 e. The lowest BCUT2D eigenvalue weighted by Gasteiger charge is -2.30. The third-order valence-corrected chi connectivity index (χ3v) is 9.27. The third kappa shape index (κ3) is 3.95. The lowest BCUT2D eigenvalue weighted by molar-refractivity contribution is -0.0562. The van der Waals surface area contributed by atoms with E-state index in [0.717, 1.165) is 0 Å². The summed E-state index contributed by atoms with van der Waals surface area (Å²) in [5, 5.41) is 21.8. The number of hydrogen-bond acceptors (Lipinski definition) is 6. The van der Waals surface area contributed by atoms with Crippen molar-refractivity contribution in [3.63, 3.8) is 0 Å².